The van der Waals surface area contributed by atoms with Gasteiger partial charge in [0, 0.05) is 5.56 Å². The van der Waals surface area contributed by atoms with Crippen LogP contribution in [0.25, 0.3) is 11.6 Å². The molecule has 0 unspecified atom stereocenters. The van der Waals surface area contributed by atoms with E-state index in [9.17, 15) is 9.59 Å². The Morgan fingerprint density at radius 2 is 1.75 bits per heavy atom. The summed E-state index contributed by atoms with van der Waals surface area (Å²) in [5.74, 6) is -0.248. The fourth-order valence-corrected chi connectivity index (χ4v) is 3.61. The van der Waals surface area contributed by atoms with Crippen LogP contribution in [0.4, 0.5) is 4.79 Å². The zero-order chi connectivity index (χ0) is 17.0. The summed E-state index contributed by atoms with van der Waals surface area (Å²) >= 11 is 0. The number of carbonyl (C=O) groups is 2. The van der Waals surface area contributed by atoms with Crippen LogP contribution in [0.1, 0.15) is 22.3 Å². The zero-order valence-corrected chi connectivity index (χ0v) is 13.9. The predicted octanol–water partition coefficient (Wildman–Crippen LogP) is 0.972. The smallest absolute Gasteiger partial charge is 0.261 e. The first-order chi connectivity index (χ1) is 11.5. The molecule has 1 aromatic heterocycles. The van der Waals surface area contributed by atoms with Crippen molar-refractivity contribution < 1.29 is 9.59 Å². The molecule has 0 saturated carbocycles. The van der Waals surface area contributed by atoms with Crippen LogP contribution in [0.3, 0.4) is 0 Å². The lowest BCUT2D eigenvalue weighted by Gasteiger charge is -2.16. The predicted molar refractivity (Wildman–Crippen MR) is 92.7 cm³/mol. The molecule has 2 heterocycles. The quantitative estimate of drug-likeness (QED) is 0.669. The molecule has 0 radical (unpaired) electrons. The Morgan fingerprint density at radius 1 is 1.00 bits per heavy atom. The van der Waals surface area contributed by atoms with E-state index in [-0.39, 0.29) is 11.9 Å². The number of imide groups is 1. The Labute approximate surface area is 139 Å². The Morgan fingerprint density at radius 3 is 2.54 bits per heavy atom. The van der Waals surface area contributed by atoms with Gasteiger partial charge in [-0.1, -0.05) is 36.5 Å². The van der Waals surface area contributed by atoms with Crippen molar-refractivity contribution in [3.8, 4) is 0 Å². The lowest BCUT2D eigenvalue weighted by molar-refractivity contribution is 0.0813. The second kappa shape index (κ2) is 5.03. The molecule has 120 valence electrons. The maximum absolute atomic E-state index is 12.9. The third-order valence-corrected chi connectivity index (χ3v) is 4.82. The van der Waals surface area contributed by atoms with E-state index >= 15 is 0 Å². The number of rotatable bonds is 0. The number of carbonyl (C=O) groups excluding carboxylic acids is 2. The van der Waals surface area contributed by atoms with E-state index in [4.69, 9.17) is 0 Å². The summed E-state index contributed by atoms with van der Waals surface area (Å²) in [5, 5.41) is 0.945. The number of hydrogen-bond acceptors (Lipinski definition) is 2. The molecule has 3 aliphatic rings. The molecule has 0 N–H and O–H groups in total. The van der Waals surface area contributed by atoms with Crippen LogP contribution < -0.4 is 15.4 Å². The van der Waals surface area contributed by atoms with Crippen LogP contribution in [-0.2, 0) is 7.05 Å². The second-order valence-electron chi connectivity index (χ2n) is 6.24. The van der Waals surface area contributed by atoms with E-state index in [1.165, 1.54) is 17.5 Å². The molecular formula is C19H18N3O2+. The van der Waals surface area contributed by atoms with E-state index in [1.54, 1.807) is 11.6 Å². The molecular weight excluding hydrogens is 302 g/mol. The molecule has 0 spiro atoms. The van der Waals surface area contributed by atoms with Gasteiger partial charge in [-0.05, 0) is 23.6 Å². The Bertz CT molecular complexity index is 1050. The van der Waals surface area contributed by atoms with E-state index in [2.05, 4.69) is 18.2 Å². The average molecular weight is 320 g/mol. The van der Waals surface area contributed by atoms with Gasteiger partial charge in [-0.25, -0.2) is 9.59 Å². The number of aromatic nitrogens is 1. The maximum Gasteiger partial charge on any atom is 0.445 e. The van der Waals surface area contributed by atoms with Crippen molar-refractivity contribution in [2.75, 3.05) is 14.1 Å². The molecule has 0 aromatic carbocycles. The molecule has 5 nitrogen and oxygen atoms in total. The third kappa shape index (κ3) is 1.84. The van der Waals surface area contributed by atoms with Gasteiger partial charge in [0.2, 0.25) is 5.49 Å². The van der Waals surface area contributed by atoms with Crippen molar-refractivity contribution in [3.05, 3.63) is 64.0 Å². The summed E-state index contributed by atoms with van der Waals surface area (Å²) in [7, 11) is 5.14. The summed E-state index contributed by atoms with van der Waals surface area (Å²) in [6.07, 6.45) is 15.0. The van der Waals surface area contributed by atoms with Crippen LogP contribution in [-0.4, -0.2) is 35.5 Å². The van der Waals surface area contributed by atoms with Crippen LogP contribution in [0, 0.1) is 0 Å². The highest BCUT2D eigenvalue weighted by molar-refractivity contribution is 6.09. The molecule has 0 atom stereocenters. The van der Waals surface area contributed by atoms with Crippen LogP contribution in [0.5, 0.6) is 0 Å². The van der Waals surface area contributed by atoms with Crippen molar-refractivity contribution in [2.45, 2.75) is 6.42 Å². The molecule has 2 aliphatic carbocycles. The number of hydrogen-bond donors (Lipinski definition) is 0. The highest BCUT2D eigenvalue weighted by Crippen LogP contribution is 2.27. The van der Waals surface area contributed by atoms with Gasteiger partial charge in [-0.2, -0.15) is 9.48 Å². The molecule has 3 amide bonds. The summed E-state index contributed by atoms with van der Waals surface area (Å²) in [6, 6.07) is -0.313. The van der Waals surface area contributed by atoms with E-state index in [1.807, 2.05) is 35.9 Å². The highest BCUT2D eigenvalue weighted by Gasteiger charge is 2.39. The first-order valence-electron chi connectivity index (χ1n) is 7.87. The monoisotopic (exact) mass is 320 g/mol. The average Bonchev–Trinajstić information content (AvgIpc) is 2.73. The number of amides is 3. The summed E-state index contributed by atoms with van der Waals surface area (Å²) in [6.45, 7) is 0. The van der Waals surface area contributed by atoms with Crippen molar-refractivity contribution in [3.63, 3.8) is 0 Å². The normalized spacial score (nSPS) is 19.0. The van der Waals surface area contributed by atoms with Crippen LogP contribution >= 0.6 is 0 Å². The van der Waals surface area contributed by atoms with Crippen LogP contribution in [0.2, 0.25) is 0 Å². The van der Waals surface area contributed by atoms with Crippen molar-refractivity contribution in [2.24, 2.45) is 7.05 Å². The van der Waals surface area contributed by atoms with E-state index in [0.717, 1.165) is 22.9 Å². The van der Waals surface area contributed by atoms with Gasteiger partial charge in [0.25, 0.3) is 0 Å². The Kier molecular flexibility index (Phi) is 3.06. The van der Waals surface area contributed by atoms with Gasteiger partial charge < -0.3 is 0 Å². The maximum atomic E-state index is 12.9. The van der Waals surface area contributed by atoms with Gasteiger partial charge in [-0.3, -0.25) is 4.57 Å². The van der Waals surface area contributed by atoms with Crippen molar-refractivity contribution >= 4 is 23.6 Å². The minimum atomic E-state index is -0.313. The molecule has 4 rings (SSSR count). The topological polar surface area (TPSA) is 45.3 Å². The molecule has 0 fully saturated rings. The molecule has 24 heavy (non-hydrogen) atoms. The van der Waals surface area contributed by atoms with E-state index < -0.39 is 0 Å². The Hall–Kier alpha value is -2.95. The van der Waals surface area contributed by atoms with Gasteiger partial charge in [0.05, 0.1) is 21.1 Å². The molecule has 1 aliphatic heterocycles. The number of urea groups is 1. The lowest BCUT2D eigenvalue weighted by atomic mass is 9.94. The van der Waals surface area contributed by atoms with Crippen molar-refractivity contribution in [1.29, 1.82) is 0 Å². The summed E-state index contributed by atoms with van der Waals surface area (Å²) < 4.78 is 3.48. The number of allylic oxidation sites excluding steroid dienone is 8. The highest BCUT2D eigenvalue weighted by atomic mass is 16.2. The second-order valence-corrected chi connectivity index (χ2v) is 6.24. The third-order valence-electron chi connectivity index (χ3n) is 4.82. The minimum Gasteiger partial charge on any atom is -0.261 e. The minimum absolute atomic E-state index is 0.248. The number of nitrogens with zero attached hydrogens (tertiary/aromatic N) is 3. The fraction of sp³-hybridized carbons (Fsp3) is 0.211. The van der Waals surface area contributed by atoms with Gasteiger partial charge >= 0.3 is 11.9 Å². The first-order valence-corrected chi connectivity index (χ1v) is 7.87. The first kappa shape index (κ1) is 14.6. The summed E-state index contributed by atoms with van der Waals surface area (Å²) in [5.41, 5.74) is 4.46. The molecule has 0 saturated heterocycles. The molecule has 1 aromatic rings. The largest absolute Gasteiger partial charge is 0.445 e. The molecule has 5 heteroatoms. The van der Waals surface area contributed by atoms with Crippen LogP contribution in [0.15, 0.2) is 42.0 Å². The van der Waals surface area contributed by atoms with Gasteiger partial charge in [-0.15, -0.1) is 0 Å². The standard InChI is InChI=1S/C19H18N3O2/c1-20-14-10-6-8-12-7-4-5-9-13(11-12)15(14)16-17(20)21(2)19(24)22(3)18(16)23/h4-10H,11H2,1-3H3/q+1. The summed E-state index contributed by atoms with van der Waals surface area (Å²) in [4.78, 5) is 26.4. The number of fused-ring (bicyclic) bond motifs is 6. The SMILES string of the molecule is CN1C(=O)c2c3c(n(C)c2=[N+](C)C1=O)=CC=CC1=CC=CC=C3C1. The van der Waals surface area contributed by atoms with Crippen molar-refractivity contribution in [1.82, 2.24) is 14.0 Å². The Balaban J connectivity index is 2.20. The van der Waals surface area contributed by atoms with E-state index in [0.29, 0.717) is 11.1 Å². The zero-order valence-electron chi connectivity index (χ0n) is 13.9. The molecule has 2 bridgehead atoms. The van der Waals surface area contributed by atoms with Gasteiger partial charge in [0.1, 0.15) is 10.9 Å². The fourth-order valence-electron chi connectivity index (χ4n) is 3.61. The lowest BCUT2D eigenvalue weighted by Crippen LogP contribution is -2.53. The van der Waals surface area contributed by atoms with Gasteiger partial charge in [0.15, 0.2) is 0 Å².